The molecule has 0 fully saturated rings. The van der Waals surface area contributed by atoms with Gasteiger partial charge in [0.05, 0.1) is 18.4 Å². The lowest BCUT2D eigenvalue weighted by molar-refractivity contribution is 0.144. The van der Waals surface area contributed by atoms with Gasteiger partial charge in [-0.1, -0.05) is 33.6 Å². The van der Waals surface area contributed by atoms with Crippen molar-refractivity contribution in [3.63, 3.8) is 0 Å². The van der Waals surface area contributed by atoms with Gasteiger partial charge in [0.1, 0.15) is 12.4 Å². The number of rotatable bonds is 5. The third-order valence-corrected chi connectivity index (χ3v) is 4.06. The van der Waals surface area contributed by atoms with E-state index in [9.17, 15) is 13.6 Å². The highest BCUT2D eigenvalue weighted by Crippen LogP contribution is 2.32. The summed E-state index contributed by atoms with van der Waals surface area (Å²) in [5, 5.41) is 2.56. The van der Waals surface area contributed by atoms with Gasteiger partial charge in [-0.25, -0.2) is 13.6 Å². The van der Waals surface area contributed by atoms with Gasteiger partial charge in [-0.2, -0.15) is 0 Å². The summed E-state index contributed by atoms with van der Waals surface area (Å²) in [6, 6.07) is 9.78. The first-order chi connectivity index (χ1) is 11.4. The Morgan fingerprint density at radius 2 is 2.04 bits per heavy atom. The average Bonchev–Trinajstić information content (AvgIpc) is 2.55. The van der Waals surface area contributed by atoms with Gasteiger partial charge in [-0.05, 0) is 31.2 Å². The number of alkyl halides is 2. The van der Waals surface area contributed by atoms with Crippen LogP contribution in [0.1, 0.15) is 23.1 Å². The quantitative estimate of drug-likeness (QED) is 0.726. The molecule has 128 valence electrons. The number of halogens is 3. The maximum atomic E-state index is 13.1. The predicted octanol–water partition coefficient (Wildman–Crippen LogP) is 5.45. The second-order valence-electron chi connectivity index (χ2n) is 5.01. The van der Waals surface area contributed by atoms with Gasteiger partial charge in [0, 0.05) is 10.0 Å². The van der Waals surface area contributed by atoms with E-state index in [4.69, 9.17) is 4.74 Å². The van der Waals surface area contributed by atoms with E-state index in [0.29, 0.717) is 15.7 Å². The highest BCUT2D eigenvalue weighted by atomic mass is 79.9. The molecule has 0 aliphatic carbocycles. The van der Waals surface area contributed by atoms with Crippen LogP contribution in [-0.2, 0) is 11.3 Å². The number of hydrogen-bond acceptors (Lipinski definition) is 3. The molecular formula is C17H16BrF2NO3. The number of benzene rings is 2. The molecule has 0 unspecified atom stereocenters. The molecule has 1 N–H and O–H groups in total. The second-order valence-corrected chi connectivity index (χ2v) is 5.87. The lowest BCUT2D eigenvalue weighted by Gasteiger charge is -2.15. The topological polar surface area (TPSA) is 47.6 Å². The van der Waals surface area contributed by atoms with Crippen molar-refractivity contribution in [2.24, 2.45) is 0 Å². The third-order valence-electron chi connectivity index (χ3n) is 3.31. The number of amides is 1. The number of anilines is 1. The minimum atomic E-state index is -2.63. The molecule has 0 bridgehead atoms. The molecule has 0 atom stereocenters. The average molecular weight is 400 g/mol. The summed E-state index contributed by atoms with van der Waals surface area (Å²) < 4.78 is 37.1. The Balaban J connectivity index is 2.25. The lowest BCUT2D eigenvalue weighted by atomic mass is 10.1. The van der Waals surface area contributed by atoms with Crippen molar-refractivity contribution in [2.75, 3.05) is 12.4 Å². The fourth-order valence-corrected chi connectivity index (χ4v) is 2.58. The molecule has 1 amide bonds. The number of hydrogen-bond donors (Lipinski definition) is 1. The van der Waals surface area contributed by atoms with Crippen molar-refractivity contribution in [1.29, 1.82) is 0 Å². The molecule has 0 spiro atoms. The number of nitrogens with one attached hydrogen (secondary N) is 1. The van der Waals surface area contributed by atoms with Gasteiger partial charge >= 0.3 is 6.09 Å². The number of ether oxygens (including phenoxy) is 2. The number of carbonyl (C=O) groups excluding carboxylic acids is 1. The van der Waals surface area contributed by atoms with E-state index in [1.54, 1.807) is 31.2 Å². The summed E-state index contributed by atoms with van der Waals surface area (Å²) >= 11 is 3.37. The van der Waals surface area contributed by atoms with E-state index in [1.165, 1.54) is 19.2 Å². The van der Waals surface area contributed by atoms with Gasteiger partial charge in [0.25, 0.3) is 6.43 Å². The Morgan fingerprint density at radius 1 is 1.29 bits per heavy atom. The third kappa shape index (κ3) is 4.44. The molecule has 0 heterocycles. The van der Waals surface area contributed by atoms with Crippen LogP contribution in [0.5, 0.6) is 5.75 Å². The zero-order valence-corrected chi connectivity index (χ0v) is 14.7. The summed E-state index contributed by atoms with van der Waals surface area (Å²) in [6.07, 6.45) is -3.26. The summed E-state index contributed by atoms with van der Waals surface area (Å²) in [5.41, 5.74) is 1.65. The molecule has 0 saturated heterocycles. The van der Waals surface area contributed by atoms with Crippen LogP contribution >= 0.6 is 15.9 Å². The van der Waals surface area contributed by atoms with Crippen molar-refractivity contribution in [1.82, 2.24) is 0 Å². The van der Waals surface area contributed by atoms with Crippen LogP contribution in [0, 0.1) is 6.92 Å². The van der Waals surface area contributed by atoms with Crippen LogP contribution in [0.2, 0.25) is 0 Å². The van der Waals surface area contributed by atoms with E-state index >= 15 is 0 Å². The van der Waals surface area contributed by atoms with Crippen molar-refractivity contribution >= 4 is 27.7 Å². The first-order valence-corrected chi connectivity index (χ1v) is 7.85. The Kier molecular flexibility index (Phi) is 6.14. The standard InChI is InChI=1S/C17H16BrF2NO3/c1-10-6-7-15(11(8-10)16(19)20)24-9-12-13(18)4-3-5-14(12)21-17(22)23-2/h3-8,16H,9H2,1-2H3,(H,21,22). The van der Waals surface area contributed by atoms with Crippen molar-refractivity contribution < 1.29 is 23.0 Å². The molecule has 0 aliphatic heterocycles. The Hall–Kier alpha value is -2.15. The Bertz CT molecular complexity index is 738. The number of aryl methyl sites for hydroxylation is 1. The van der Waals surface area contributed by atoms with Gasteiger partial charge in [-0.15, -0.1) is 0 Å². The Morgan fingerprint density at radius 3 is 2.71 bits per heavy atom. The first kappa shape index (κ1) is 18.2. The zero-order chi connectivity index (χ0) is 17.7. The number of carbonyl (C=O) groups is 1. The van der Waals surface area contributed by atoms with Gasteiger partial charge in [0.2, 0.25) is 0 Å². The second kappa shape index (κ2) is 8.10. The summed E-state index contributed by atoms with van der Waals surface area (Å²) in [6.45, 7) is 1.74. The molecule has 0 saturated carbocycles. The lowest BCUT2D eigenvalue weighted by Crippen LogP contribution is -2.13. The fourth-order valence-electron chi connectivity index (χ4n) is 2.10. The van der Waals surface area contributed by atoms with Crippen LogP contribution in [0.15, 0.2) is 40.9 Å². The van der Waals surface area contributed by atoms with Crippen LogP contribution < -0.4 is 10.1 Å². The van der Waals surface area contributed by atoms with Crippen molar-refractivity contribution in [3.05, 3.63) is 57.6 Å². The highest BCUT2D eigenvalue weighted by molar-refractivity contribution is 9.10. The minimum Gasteiger partial charge on any atom is -0.488 e. The molecule has 2 aromatic carbocycles. The van der Waals surface area contributed by atoms with Gasteiger partial charge in [-0.3, -0.25) is 5.32 Å². The molecule has 2 rings (SSSR count). The van der Waals surface area contributed by atoms with Crippen LogP contribution in [0.25, 0.3) is 0 Å². The van der Waals surface area contributed by atoms with E-state index < -0.39 is 12.5 Å². The smallest absolute Gasteiger partial charge is 0.411 e. The van der Waals surface area contributed by atoms with Crippen molar-refractivity contribution in [3.8, 4) is 5.75 Å². The number of methoxy groups -OCH3 is 1. The molecule has 0 aliphatic rings. The van der Waals surface area contributed by atoms with Crippen LogP contribution in [0.3, 0.4) is 0 Å². The van der Waals surface area contributed by atoms with Crippen LogP contribution in [0.4, 0.5) is 19.3 Å². The molecule has 2 aromatic rings. The SMILES string of the molecule is COC(=O)Nc1cccc(Br)c1COc1ccc(C)cc1C(F)F. The summed E-state index contributed by atoms with van der Waals surface area (Å²) in [5.74, 6) is 0.107. The van der Waals surface area contributed by atoms with Gasteiger partial charge < -0.3 is 9.47 Å². The maximum Gasteiger partial charge on any atom is 0.411 e. The van der Waals surface area contributed by atoms with Crippen molar-refractivity contribution in [2.45, 2.75) is 20.0 Å². The summed E-state index contributed by atoms with van der Waals surface area (Å²) in [7, 11) is 1.25. The monoisotopic (exact) mass is 399 g/mol. The largest absolute Gasteiger partial charge is 0.488 e. The van der Waals surface area contributed by atoms with E-state index in [1.807, 2.05) is 0 Å². The Labute approximate surface area is 146 Å². The summed E-state index contributed by atoms with van der Waals surface area (Å²) in [4.78, 5) is 11.4. The molecule has 24 heavy (non-hydrogen) atoms. The maximum absolute atomic E-state index is 13.1. The van der Waals surface area contributed by atoms with E-state index in [0.717, 1.165) is 5.56 Å². The van der Waals surface area contributed by atoms with Crippen LogP contribution in [-0.4, -0.2) is 13.2 Å². The molecule has 7 heteroatoms. The normalized spacial score (nSPS) is 10.6. The fraction of sp³-hybridized carbons (Fsp3) is 0.235. The predicted molar refractivity (Wildman–Crippen MR) is 90.6 cm³/mol. The first-order valence-electron chi connectivity index (χ1n) is 7.06. The highest BCUT2D eigenvalue weighted by Gasteiger charge is 2.16. The van der Waals surface area contributed by atoms with E-state index in [2.05, 4.69) is 26.0 Å². The molecular weight excluding hydrogens is 384 g/mol. The minimum absolute atomic E-state index is 0.00350. The molecule has 0 aromatic heterocycles. The molecule has 4 nitrogen and oxygen atoms in total. The van der Waals surface area contributed by atoms with Gasteiger partial charge in [0.15, 0.2) is 0 Å². The zero-order valence-electron chi connectivity index (χ0n) is 13.1. The van der Waals surface area contributed by atoms with E-state index in [-0.39, 0.29) is 17.9 Å². The molecule has 0 radical (unpaired) electrons.